The third-order valence-electron chi connectivity index (χ3n) is 2.24. The molecule has 98 valence electrons. The van der Waals surface area contributed by atoms with E-state index in [1.165, 1.54) is 6.33 Å². The van der Waals surface area contributed by atoms with Crippen LogP contribution < -0.4 is 5.56 Å². The topological polar surface area (TPSA) is 55.0 Å². The molecule has 1 aromatic carbocycles. The number of aromatic amines is 1. The lowest BCUT2D eigenvalue weighted by Crippen LogP contribution is -2.06. The lowest BCUT2D eigenvalue weighted by molar-refractivity contribution is 0.218. The van der Waals surface area contributed by atoms with Crippen LogP contribution in [0.4, 0.5) is 0 Å². The summed E-state index contributed by atoms with van der Waals surface area (Å²) in [5.74, 6) is 0.810. The summed E-state index contributed by atoms with van der Waals surface area (Å²) < 4.78 is 4.98. The Balaban J connectivity index is 0.00000162. The van der Waals surface area contributed by atoms with Gasteiger partial charge in [-0.2, -0.15) is 0 Å². The summed E-state index contributed by atoms with van der Waals surface area (Å²) >= 11 is 7.70. The fourth-order valence-corrected chi connectivity index (χ4v) is 2.60. The molecule has 0 aliphatic heterocycles. The number of thioether (sulfide) groups is 1. The maximum atomic E-state index is 11.5. The molecule has 0 fully saturated rings. The standard InChI is InChI=1S/C11H11ClN2O2S.ClH/c1-16-2-3-17-10-5-9-7(4-8(10)12)11(15)14-6-13-9;/h4-6H,2-3H2,1H3,(H,13,14,15);1H. The molecule has 7 heteroatoms. The van der Waals surface area contributed by atoms with Crippen LogP contribution >= 0.6 is 35.8 Å². The first-order chi connectivity index (χ1) is 8.22. The molecular weight excluding hydrogens is 295 g/mol. The van der Waals surface area contributed by atoms with Crippen molar-refractivity contribution in [2.45, 2.75) is 4.90 Å². The van der Waals surface area contributed by atoms with Gasteiger partial charge in [-0.1, -0.05) is 11.6 Å². The van der Waals surface area contributed by atoms with E-state index >= 15 is 0 Å². The van der Waals surface area contributed by atoms with Gasteiger partial charge in [-0.25, -0.2) is 4.98 Å². The zero-order valence-corrected chi connectivity index (χ0v) is 12.0. The Hall–Kier alpha value is -0.750. The monoisotopic (exact) mass is 306 g/mol. The van der Waals surface area contributed by atoms with Gasteiger partial charge in [0.05, 0.1) is 28.9 Å². The molecule has 1 N–H and O–H groups in total. The number of nitrogens with zero attached hydrogens (tertiary/aromatic N) is 1. The van der Waals surface area contributed by atoms with E-state index in [9.17, 15) is 4.79 Å². The lowest BCUT2D eigenvalue weighted by atomic mass is 10.2. The Morgan fingerprint density at radius 3 is 3.00 bits per heavy atom. The number of nitrogens with one attached hydrogen (secondary N) is 1. The van der Waals surface area contributed by atoms with Crippen LogP contribution in [0.15, 0.2) is 28.2 Å². The van der Waals surface area contributed by atoms with Crippen molar-refractivity contribution in [1.29, 1.82) is 0 Å². The fourth-order valence-electron chi connectivity index (χ4n) is 1.42. The highest BCUT2D eigenvalue weighted by atomic mass is 35.5. The van der Waals surface area contributed by atoms with Crippen LogP contribution in [0.2, 0.25) is 5.02 Å². The first-order valence-electron chi connectivity index (χ1n) is 5.01. The molecule has 0 spiro atoms. The predicted molar refractivity (Wildman–Crippen MR) is 77.2 cm³/mol. The molecule has 0 unspecified atom stereocenters. The SMILES string of the molecule is COCCSc1cc2nc[nH]c(=O)c2cc1Cl.Cl. The van der Waals surface area contributed by atoms with Gasteiger partial charge >= 0.3 is 0 Å². The van der Waals surface area contributed by atoms with Gasteiger partial charge in [0.2, 0.25) is 0 Å². The Bertz CT molecular complexity index is 589. The highest BCUT2D eigenvalue weighted by Gasteiger charge is 2.06. The minimum Gasteiger partial charge on any atom is -0.384 e. The molecular formula is C11H12Cl2N2O2S. The van der Waals surface area contributed by atoms with Crippen LogP contribution in [0.1, 0.15) is 0 Å². The van der Waals surface area contributed by atoms with Gasteiger partial charge in [0, 0.05) is 17.8 Å². The average Bonchev–Trinajstić information content (AvgIpc) is 2.31. The van der Waals surface area contributed by atoms with Crippen LogP contribution in [-0.4, -0.2) is 29.4 Å². The molecule has 2 rings (SSSR count). The molecule has 0 amide bonds. The largest absolute Gasteiger partial charge is 0.384 e. The summed E-state index contributed by atoms with van der Waals surface area (Å²) in [5, 5.41) is 1.07. The minimum atomic E-state index is -0.176. The fraction of sp³-hybridized carbons (Fsp3) is 0.273. The number of aromatic nitrogens is 2. The first kappa shape index (κ1) is 15.3. The van der Waals surface area contributed by atoms with E-state index in [0.29, 0.717) is 22.5 Å². The highest BCUT2D eigenvalue weighted by Crippen LogP contribution is 2.29. The second-order valence-electron chi connectivity index (χ2n) is 3.37. The van der Waals surface area contributed by atoms with E-state index in [4.69, 9.17) is 16.3 Å². The van der Waals surface area contributed by atoms with Crippen LogP contribution in [-0.2, 0) is 4.74 Å². The van der Waals surface area contributed by atoms with Gasteiger partial charge in [0.25, 0.3) is 5.56 Å². The van der Waals surface area contributed by atoms with Crippen molar-refractivity contribution in [2.75, 3.05) is 19.5 Å². The van der Waals surface area contributed by atoms with Gasteiger partial charge in [0.1, 0.15) is 0 Å². The molecule has 4 nitrogen and oxygen atoms in total. The number of H-pyrrole nitrogens is 1. The second-order valence-corrected chi connectivity index (χ2v) is 4.92. The molecule has 18 heavy (non-hydrogen) atoms. The van der Waals surface area contributed by atoms with E-state index in [-0.39, 0.29) is 18.0 Å². The van der Waals surface area contributed by atoms with Gasteiger partial charge < -0.3 is 9.72 Å². The summed E-state index contributed by atoms with van der Waals surface area (Å²) in [7, 11) is 1.66. The molecule has 0 aliphatic rings. The van der Waals surface area contributed by atoms with Crippen molar-refractivity contribution in [3.63, 3.8) is 0 Å². The molecule has 0 atom stereocenters. The van der Waals surface area contributed by atoms with Gasteiger partial charge in [0.15, 0.2) is 0 Å². The van der Waals surface area contributed by atoms with E-state index in [1.807, 2.05) is 6.07 Å². The van der Waals surface area contributed by atoms with Crippen LogP contribution in [0.3, 0.4) is 0 Å². The summed E-state index contributed by atoms with van der Waals surface area (Å²) in [6, 6.07) is 3.48. The summed E-state index contributed by atoms with van der Waals surface area (Å²) in [6.45, 7) is 0.655. The van der Waals surface area contributed by atoms with E-state index in [2.05, 4.69) is 9.97 Å². The Labute approximate surface area is 120 Å². The van der Waals surface area contributed by atoms with Crippen molar-refractivity contribution < 1.29 is 4.74 Å². The normalized spacial score (nSPS) is 10.3. The number of fused-ring (bicyclic) bond motifs is 1. The number of benzene rings is 1. The molecule has 2 aromatic rings. The molecule has 1 aromatic heterocycles. The number of hydrogen-bond donors (Lipinski definition) is 1. The maximum absolute atomic E-state index is 11.5. The average molecular weight is 307 g/mol. The zero-order valence-electron chi connectivity index (χ0n) is 9.60. The van der Waals surface area contributed by atoms with Crippen LogP contribution in [0, 0.1) is 0 Å². The summed E-state index contributed by atoms with van der Waals surface area (Å²) in [6.07, 6.45) is 1.39. The maximum Gasteiger partial charge on any atom is 0.258 e. The van der Waals surface area contributed by atoms with E-state index in [1.54, 1.807) is 24.9 Å². The third kappa shape index (κ3) is 3.38. The first-order valence-corrected chi connectivity index (χ1v) is 6.37. The number of hydrogen-bond acceptors (Lipinski definition) is 4. The molecule has 0 radical (unpaired) electrons. The highest BCUT2D eigenvalue weighted by molar-refractivity contribution is 7.99. The molecule has 0 aliphatic carbocycles. The van der Waals surface area contributed by atoms with Crippen LogP contribution in [0.25, 0.3) is 10.9 Å². The number of methoxy groups -OCH3 is 1. The number of ether oxygens (including phenoxy) is 1. The third-order valence-corrected chi connectivity index (χ3v) is 3.68. The quantitative estimate of drug-likeness (QED) is 0.697. The molecule has 0 saturated carbocycles. The Morgan fingerprint density at radius 2 is 2.28 bits per heavy atom. The lowest BCUT2D eigenvalue weighted by Gasteiger charge is -2.05. The van der Waals surface area contributed by atoms with Crippen molar-refractivity contribution in [2.24, 2.45) is 0 Å². The summed E-state index contributed by atoms with van der Waals surface area (Å²) in [4.78, 5) is 19.1. The smallest absolute Gasteiger partial charge is 0.258 e. The van der Waals surface area contributed by atoms with E-state index < -0.39 is 0 Å². The van der Waals surface area contributed by atoms with Gasteiger partial charge in [-0.3, -0.25) is 4.79 Å². The summed E-state index contributed by atoms with van der Waals surface area (Å²) in [5.41, 5.74) is 0.475. The Morgan fingerprint density at radius 1 is 1.50 bits per heavy atom. The Kier molecular flexibility index (Phi) is 5.95. The van der Waals surface area contributed by atoms with Crippen molar-refractivity contribution in [3.8, 4) is 0 Å². The van der Waals surface area contributed by atoms with Crippen molar-refractivity contribution in [3.05, 3.63) is 33.8 Å². The van der Waals surface area contributed by atoms with Crippen LogP contribution in [0.5, 0.6) is 0 Å². The zero-order chi connectivity index (χ0) is 12.3. The minimum absolute atomic E-state index is 0. The number of rotatable bonds is 4. The van der Waals surface area contributed by atoms with E-state index in [0.717, 1.165) is 10.6 Å². The second kappa shape index (κ2) is 6.99. The van der Waals surface area contributed by atoms with Gasteiger partial charge in [-0.15, -0.1) is 24.2 Å². The van der Waals surface area contributed by atoms with Crippen molar-refractivity contribution >= 4 is 46.7 Å². The van der Waals surface area contributed by atoms with Crippen molar-refractivity contribution in [1.82, 2.24) is 9.97 Å². The number of halogens is 2. The van der Waals surface area contributed by atoms with Gasteiger partial charge in [-0.05, 0) is 12.1 Å². The molecule has 0 bridgehead atoms. The molecule has 0 saturated heterocycles. The molecule has 1 heterocycles. The predicted octanol–water partition coefficient (Wildman–Crippen LogP) is 2.74.